The number of amidine groups is 1. The lowest BCUT2D eigenvalue weighted by atomic mass is 10.2. The van der Waals surface area contributed by atoms with Crippen LogP contribution in [-0.2, 0) is 10.2 Å². The number of hydrogen-bond acceptors (Lipinski definition) is 4. The van der Waals surface area contributed by atoms with Gasteiger partial charge in [0, 0.05) is 19.0 Å². The number of nitrogens with zero attached hydrogens (tertiary/aromatic N) is 1. The molecule has 0 aromatic rings. The second-order valence-corrected chi connectivity index (χ2v) is 4.36. The summed E-state index contributed by atoms with van der Waals surface area (Å²) >= 11 is 0. The van der Waals surface area contributed by atoms with Crippen molar-refractivity contribution in [1.29, 1.82) is 0 Å². The zero-order valence-corrected chi connectivity index (χ0v) is 9.00. The molecular formula is C6H16N4O3S. The topological polar surface area (TPSA) is 117 Å². The molecule has 5 N–H and O–H groups in total. The standard InChI is InChI=1S/C6H16N4O3S/c1-3-8-14(12,13)9-4-5(2)6(7)10-11/h5,8-9,11H,3-4H2,1-2H3,(H2,7,10). The molecule has 0 aromatic carbocycles. The van der Waals surface area contributed by atoms with E-state index >= 15 is 0 Å². The maximum Gasteiger partial charge on any atom is 0.276 e. The van der Waals surface area contributed by atoms with Gasteiger partial charge >= 0.3 is 0 Å². The first-order chi connectivity index (χ1) is 6.43. The zero-order valence-electron chi connectivity index (χ0n) is 8.19. The first kappa shape index (κ1) is 13.1. The van der Waals surface area contributed by atoms with Crippen LogP contribution in [-0.4, -0.2) is 32.6 Å². The Bertz CT molecular complexity index is 287. The van der Waals surface area contributed by atoms with E-state index in [4.69, 9.17) is 10.9 Å². The Morgan fingerprint density at radius 3 is 2.57 bits per heavy atom. The highest BCUT2D eigenvalue weighted by Crippen LogP contribution is 1.92. The maximum absolute atomic E-state index is 11.1. The van der Waals surface area contributed by atoms with E-state index in [1.54, 1.807) is 13.8 Å². The van der Waals surface area contributed by atoms with Crippen molar-refractivity contribution in [3.63, 3.8) is 0 Å². The van der Waals surface area contributed by atoms with Gasteiger partial charge in [-0.05, 0) is 0 Å². The van der Waals surface area contributed by atoms with Gasteiger partial charge in [0.15, 0.2) is 0 Å². The fourth-order valence-corrected chi connectivity index (χ4v) is 1.63. The summed E-state index contributed by atoms with van der Waals surface area (Å²) in [6, 6.07) is 0. The largest absolute Gasteiger partial charge is 0.409 e. The lowest BCUT2D eigenvalue weighted by molar-refractivity contribution is 0.314. The van der Waals surface area contributed by atoms with Crippen LogP contribution in [0.5, 0.6) is 0 Å². The lowest BCUT2D eigenvalue weighted by Gasteiger charge is -2.11. The highest BCUT2D eigenvalue weighted by molar-refractivity contribution is 7.87. The summed E-state index contributed by atoms with van der Waals surface area (Å²) in [4.78, 5) is 0. The van der Waals surface area contributed by atoms with Gasteiger partial charge in [0.1, 0.15) is 5.84 Å². The van der Waals surface area contributed by atoms with Gasteiger partial charge in [0.25, 0.3) is 10.2 Å². The van der Waals surface area contributed by atoms with Crippen LogP contribution < -0.4 is 15.2 Å². The highest BCUT2D eigenvalue weighted by Gasteiger charge is 2.12. The van der Waals surface area contributed by atoms with Crippen molar-refractivity contribution in [2.45, 2.75) is 13.8 Å². The monoisotopic (exact) mass is 224 g/mol. The molecule has 7 nitrogen and oxygen atoms in total. The third-order valence-electron chi connectivity index (χ3n) is 1.53. The molecule has 0 spiro atoms. The van der Waals surface area contributed by atoms with Crippen LogP contribution in [0.15, 0.2) is 5.16 Å². The van der Waals surface area contributed by atoms with Crippen molar-refractivity contribution in [1.82, 2.24) is 9.44 Å². The van der Waals surface area contributed by atoms with E-state index in [0.717, 1.165) is 0 Å². The Morgan fingerprint density at radius 2 is 2.14 bits per heavy atom. The number of nitrogens with one attached hydrogen (secondary N) is 2. The Kier molecular flexibility index (Phi) is 5.43. The van der Waals surface area contributed by atoms with E-state index in [-0.39, 0.29) is 18.3 Å². The molecule has 0 amide bonds. The summed E-state index contributed by atoms with van der Waals surface area (Å²) in [7, 11) is -3.46. The molecule has 1 unspecified atom stereocenters. The fourth-order valence-electron chi connectivity index (χ4n) is 0.679. The summed E-state index contributed by atoms with van der Waals surface area (Å²) in [5.74, 6) is -0.363. The third kappa shape index (κ3) is 5.00. The number of hydrogen-bond donors (Lipinski definition) is 4. The molecule has 0 radical (unpaired) electrons. The molecule has 1 atom stereocenters. The zero-order chi connectivity index (χ0) is 11.2. The van der Waals surface area contributed by atoms with Crippen LogP contribution >= 0.6 is 0 Å². The molecule has 14 heavy (non-hydrogen) atoms. The second kappa shape index (κ2) is 5.78. The van der Waals surface area contributed by atoms with E-state index in [1.165, 1.54) is 0 Å². The normalized spacial score (nSPS) is 15.4. The minimum Gasteiger partial charge on any atom is -0.409 e. The van der Waals surface area contributed by atoms with Crippen LogP contribution in [0.25, 0.3) is 0 Å². The van der Waals surface area contributed by atoms with E-state index in [0.29, 0.717) is 6.54 Å². The van der Waals surface area contributed by atoms with Gasteiger partial charge in [-0.3, -0.25) is 0 Å². The molecule has 0 fully saturated rings. The fraction of sp³-hybridized carbons (Fsp3) is 0.833. The minimum atomic E-state index is -3.46. The van der Waals surface area contributed by atoms with E-state index in [1.807, 2.05) is 0 Å². The average molecular weight is 224 g/mol. The molecule has 0 saturated carbocycles. The minimum absolute atomic E-state index is 0.0100. The predicted molar refractivity (Wildman–Crippen MR) is 53.2 cm³/mol. The first-order valence-electron chi connectivity index (χ1n) is 4.14. The van der Waals surface area contributed by atoms with Gasteiger partial charge in [-0.2, -0.15) is 8.42 Å². The second-order valence-electron chi connectivity index (χ2n) is 2.78. The van der Waals surface area contributed by atoms with Crippen LogP contribution in [0.3, 0.4) is 0 Å². The Labute approximate surface area is 83.5 Å². The van der Waals surface area contributed by atoms with Crippen LogP contribution in [0, 0.1) is 5.92 Å². The molecule has 0 aliphatic carbocycles. The van der Waals surface area contributed by atoms with Crippen molar-refractivity contribution in [2.24, 2.45) is 16.8 Å². The van der Waals surface area contributed by atoms with Crippen molar-refractivity contribution in [3.05, 3.63) is 0 Å². The molecular weight excluding hydrogens is 208 g/mol. The van der Waals surface area contributed by atoms with Gasteiger partial charge in [-0.25, -0.2) is 9.44 Å². The number of rotatable bonds is 6. The van der Waals surface area contributed by atoms with Gasteiger partial charge in [0.05, 0.1) is 0 Å². The van der Waals surface area contributed by atoms with Crippen molar-refractivity contribution in [3.8, 4) is 0 Å². The van der Waals surface area contributed by atoms with Gasteiger partial charge in [-0.15, -0.1) is 0 Å². The predicted octanol–water partition coefficient (Wildman–Crippen LogP) is -1.19. The van der Waals surface area contributed by atoms with Gasteiger partial charge < -0.3 is 10.9 Å². The third-order valence-corrected chi connectivity index (χ3v) is 2.75. The quantitative estimate of drug-likeness (QED) is 0.196. The van der Waals surface area contributed by atoms with E-state index < -0.39 is 10.2 Å². The summed E-state index contributed by atoms with van der Waals surface area (Å²) < 4.78 is 26.7. The Hall–Kier alpha value is -0.860. The molecule has 0 aliphatic rings. The van der Waals surface area contributed by atoms with Crippen LogP contribution in [0.2, 0.25) is 0 Å². The lowest BCUT2D eigenvalue weighted by Crippen LogP contribution is -2.41. The molecule has 84 valence electrons. The summed E-state index contributed by atoms with van der Waals surface area (Å²) in [5, 5.41) is 11.1. The van der Waals surface area contributed by atoms with E-state index in [2.05, 4.69) is 14.6 Å². The van der Waals surface area contributed by atoms with Crippen molar-refractivity contribution < 1.29 is 13.6 Å². The van der Waals surface area contributed by atoms with Crippen LogP contribution in [0.1, 0.15) is 13.8 Å². The van der Waals surface area contributed by atoms with Crippen molar-refractivity contribution in [2.75, 3.05) is 13.1 Å². The summed E-state index contributed by atoms with van der Waals surface area (Å²) in [6.45, 7) is 3.72. The molecule has 0 bridgehead atoms. The molecule has 0 aliphatic heterocycles. The molecule has 0 heterocycles. The smallest absolute Gasteiger partial charge is 0.276 e. The molecule has 0 saturated heterocycles. The summed E-state index contributed by atoms with van der Waals surface area (Å²) in [5.41, 5.74) is 5.26. The Balaban J connectivity index is 4.06. The number of nitrogens with two attached hydrogens (primary N) is 1. The SMILES string of the molecule is CCNS(=O)(=O)NCC(C)C(N)=NO. The summed E-state index contributed by atoms with van der Waals surface area (Å²) in [6.07, 6.45) is 0. The number of oxime groups is 1. The molecule has 0 rings (SSSR count). The molecule has 0 aromatic heterocycles. The van der Waals surface area contributed by atoms with Crippen LogP contribution in [0.4, 0.5) is 0 Å². The van der Waals surface area contributed by atoms with E-state index in [9.17, 15) is 8.42 Å². The highest BCUT2D eigenvalue weighted by atomic mass is 32.2. The van der Waals surface area contributed by atoms with Gasteiger partial charge in [-0.1, -0.05) is 19.0 Å². The Morgan fingerprint density at radius 1 is 1.57 bits per heavy atom. The van der Waals surface area contributed by atoms with Gasteiger partial charge in [0.2, 0.25) is 0 Å². The maximum atomic E-state index is 11.1. The molecule has 8 heteroatoms. The first-order valence-corrected chi connectivity index (χ1v) is 5.63. The average Bonchev–Trinajstić information content (AvgIpc) is 2.13. The van der Waals surface area contributed by atoms with Crippen molar-refractivity contribution >= 4 is 16.0 Å².